The standard InChI is InChI=1S/C28H24Cl3NO3/c1-15-5-11-19(14-21(15)30)32-24(16-6-9-18(10-7-16)28(2,3)4)23(26(34)27(32)35)25(33)17-8-12-20(29)22(31)13-17/h5-14,24,33H,1-4H3/b25-23+. The van der Waals surface area contributed by atoms with Crippen molar-refractivity contribution >= 4 is 57.9 Å². The van der Waals surface area contributed by atoms with Gasteiger partial charge >= 0.3 is 0 Å². The van der Waals surface area contributed by atoms with Gasteiger partial charge in [0.2, 0.25) is 0 Å². The number of aliphatic hydroxyl groups is 1. The summed E-state index contributed by atoms with van der Waals surface area (Å²) in [5.74, 6) is -1.88. The molecule has 1 N–H and O–H groups in total. The summed E-state index contributed by atoms with van der Waals surface area (Å²) in [5.41, 5.74) is 3.25. The maximum absolute atomic E-state index is 13.3. The first-order chi connectivity index (χ1) is 16.4. The van der Waals surface area contributed by atoms with E-state index in [1.165, 1.54) is 17.0 Å². The number of anilines is 1. The highest BCUT2D eigenvalue weighted by Crippen LogP contribution is 2.43. The topological polar surface area (TPSA) is 57.6 Å². The number of aryl methyl sites for hydroxylation is 1. The second-order valence-electron chi connectivity index (χ2n) is 9.60. The van der Waals surface area contributed by atoms with Crippen molar-refractivity contribution in [2.75, 3.05) is 4.90 Å². The molecule has 0 saturated carbocycles. The fraction of sp³-hybridized carbons (Fsp3) is 0.214. The molecule has 3 aromatic rings. The summed E-state index contributed by atoms with van der Waals surface area (Å²) in [4.78, 5) is 28.0. The third kappa shape index (κ3) is 4.71. The molecule has 1 unspecified atom stereocenters. The van der Waals surface area contributed by atoms with Crippen molar-refractivity contribution in [3.05, 3.63) is 104 Å². The molecule has 1 amide bonds. The highest BCUT2D eigenvalue weighted by Gasteiger charge is 2.47. The molecule has 0 spiro atoms. The number of benzene rings is 3. The molecule has 0 radical (unpaired) electrons. The molecule has 1 aliphatic rings. The molecule has 1 atom stereocenters. The van der Waals surface area contributed by atoms with E-state index in [4.69, 9.17) is 34.8 Å². The van der Waals surface area contributed by atoms with E-state index in [0.717, 1.165) is 11.1 Å². The monoisotopic (exact) mass is 527 g/mol. The minimum atomic E-state index is -0.864. The molecule has 1 fully saturated rings. The van der Waals surface area contributed by atoms with Crippen molar-refractivity contribution in [2.24, 2.45) is 0 Å². The summed E-state index contributed by atoms with van der Waals surface area (Å²) in [6.07, 6.45) is 0. The predicted molar refractivity (Wildman–Crippen MR) is 143 cm³/mol. The van der Waals surface area contributed by atoms with Crippen LogP contribution in [0.25, 0.3) is 5.76 Å². The lowest BCUT2D eigenvalue weighted by atomic mass is 9.85. The fourth-order valence-electron chi connectivity index (χ4n) is 4.11. The second kappa shape index (κ2) is 9.34. The Labute approximate surface area is 219 Å². The van der Waals surface area contributed by atoms with Crippen LogP contribution in [0, 0.1) is 6.92 Å². The quantitative estimate of drug-likeness (QED) is 0.214. The molecule has 0 bridgehead atoms. The van der Waals surface area contributed by atoms with Crippen molar-refractivity contribution in [3.8, 4) is 0 Å². The second-order valence-corrected chi connectivity index (χ2v) is 10.8. The Morgan fingerprint density at radius 2 is 1.51 bits per heavy atom. The molecule has 1 heterocycles. The van der Waals surface area contributed by atoms with Gasteiger partial charge in [0, 0.05) is 16.3 Å². The Bertz CT molecular complexity index is 1370. The van der Waals surface area contributed by atoms with E-state index in [-0.39, 0.29) is 27.3 Å². The van der Waals surface area contributed by atoms with E-state index in [2.05, 4.69) is 20.8 Å². The Balaban J connectivity index is 1.95. The molecular formula is C28H24Cl3NO3. The van der Waals surface area contributed by atoms with E-state index in [1.807, 2.05) is 31.2 Å². The third-order valence-electron chi connectivity index (χ3n) is 6.16. The van der Waals surface area contributed by atoms with Crippen LogP contribution in [0.5, 0.6) is 0 Å². The molecule has 4 rings (SSSR count). The summed E-state index contributed by atoms with van der Waals surface area (Å²) < 4.78 is 0. The number of halogens is 3. The van der Waals surface area contributed by atoms with E-state index in [1.54, 1.807) is 24.3 Å². The van der Waals surface area contributed by atoms with Crippen LogP contribution in [-0.2, 0) is 15.0 Å². The van der Waals surface area contributed by atoms with Gasteiger partial charge in [-0.2, -0.15) is 0 Å². The molecule has 7 heteroatoms. The zero-order valence-electron chi connectivity index (χ0n) is 19.7. The minimum absolute atomic E-state index is 0.0337. The smallest absolute Gasteiger partial charge is 0.300 e. The number of amides is 1. The van der Waals surface area contributed by atoms with Gasteiger partial charge in [0.15, 0.2) is 0 Å². The van der Waals surface area contributed by atoms with Gasteiger partial charge in [-0.05, 0) is 59.4 Å². The van der Waals surface area contributed by atoms with Crippen LogP contribution in [0.1, 0.15) is 49.1 Å². The van der Waals surface area contributed by atoms with Crippen LogP contribution >= 0.6 is 34.8 Å². The lowest BCUT2D eigenvalue weighted by Crippen LogP contribution is -2.29. The number of carbonyl (C=O) groups is 2. The van der Waals surface area contributed by atoms with Crippen molar-refractivity contribution in [3.63, 3.8) is 0 Å². The number of ketones is 1. The van der Waals surface area contributed by atoms with Crippen molar-refractivity contribution in [1.82, 2.24) is 0 Å². The number of rotatable bonds is 3. The van der Waals surface area contributed by atoms with E-state index in [0.29, 0.717) is 21.3 Å². The van der Waals surface area contributed by atoms with Crippen LogP contribution in [0.3, 0.4) is 0 Å². The average Bonchev–Trinajstić information content (AvgIpc) is 3.07. The van der Waals surface area contributed by atoms with Crippen LogP contribution in [0.2, 0.25) is 15.1 Å². The van der Waals surface area contributed by atoms with Gasteiger partial charge in [0.25, 0.3) is 11.7 Å². The Hall–Kier alpha value is -2.79. The molecule has 1 aliphatic heterocycles. The van der Waals surface area contributed by atoms with Gasteiger partial charge in [-0.1, -0.05) is 85.9 Å². The number of carbonyl (C=O) groups excluding carboxylic acids is 2. The zero-order chi connectivity index (χ0) is 25.7. The molecule has 180 valence electrons. The number of Topliss-reactive ketones (excluding diaryl/α,β-unsaturated/α-hetero) is 1. The zero-order valence-corrected chi connectivity index (χ0v) is 22.0. The molecule has 0 aromatic heterocycles. The van der Waals surface area contributed by atoms with Crippen molar-refractivity contribution < 1.29 is 14.7 Å². The van der Waals surface area contributed by atoms with Gasteiger partial charge in [0.1, 0.15) is 5.76 Å². The molecule has 0 aliphatic carbocycles. The highest BCUT2D eigenvalue weighted by molar-refractivity contribution is 6.52. The highest BCUT2D eigenvalue weighted by atomic mass is 35.5. The first-order valence-corrected chi connectivity index (χ1v) is 12.2. The summed E-state index contributed by atoms with van der Waals surface area (Å²) in [7, 11) is 0. The Kier molecular flexibility index (Phi) is 6.76. The van der Waals surface area contributed by atoms with Gasteiger partial charge in [-0.15, -0.1) is 0 Å². The molecular weight excluding hydrogens is 505 g/mol. The molecule has 35 heavy (non-hydrogen) atoms. The Morgan fingerprint density at radius 1 is 0.857 bits per heavy atom. The lowest BCUT2D eigenvalue weighted by molar-refractivity contribution is -0.132. The van der Waals surface area contributed by atoms with E-state index < -0.39 is 17.7 Å². The number of nitrogens with zero attached hydrogens (tertiary/aromatic N) is 1. The van der Waals surface area contributed by atoms with Gasteiger partial charge in [-0.3, -0.25) is 14.5 Å². The SMILES string of the molecule is Cc1ccc(N2C(=O)C(=O)/C(=C(/O)c3ccc(Cl)c(Cl)c3)C2c2ccc(C(C)(C)C)cc2)cc1Cl. The maximum atomic E-state index is 13.3. The number of aliphatic hydroxyl groups excluding tert-OH is 1. The lowest BCUT2D eigenvalue weighted by Gasteiger charge is -2.27. The fourth-order valence-corrected chi connectivity index (χ4v) is 4.58. The summed E-state index contributed by atoms with van der Waals surface area (Å²) in [6, 6.07) is 16.6. The molecule has 1 saturated heterocycles. The predicted octanol–water partition coefficient (Wildman–Crippen LogP) is 7.88. The first-order valence-electron chi connectivity index (χ1n) is 11.0. The van der Waals surface area contributed by atoms with Crippen LogP contribution in [0.15, 0.2) is 66.2 Å². The average molecular weight is 529 g/mol. The van der Waals surface area contributed by atoms with Crippen molar-refractivity contribution in [2.45, 2.75) is 39.2 Å². The Morgan fingerprint density at radius 3 is 2.09 bits per heavy atom. The third-order valence-corrected chi connectivity index (χ3v) is 7.31. The van der Waals surface area contributed by atoms with Crippen molar-refractivity contribution in [1.29, 1.82) is 0 Å². The maximum Gasteiger partial charge on any atom is 0.300 e. The van der Waals surface area contributed by atoms with Gasteiger partial charge < -0.3 is 5.11 Å². The number of hydrogen-bond donors (Lipinski definition) is 1. The molecule has 4 nitrogen and oxygen atoms in total. The normalized spacial score (nSPS) is 17.8. The van der Waals surface area contributed by atoms with Crippen LogP contribution < -0.4 is 4.90 Å². The summed E-state index contributed by atoms with van der Waals surface area (Å²) in [6.45, 7) is 8.17. The largest absolute Gasteiger partial charge is 0.507 e. The summed E-state index contributed by atoms with van der Waals surface area (Å²) >= 11 is 18.5. The van der Waals surface area contributed by atoms with Crippen LogP contribution in [0.4, 0.5) is 5.69 Å². The first kappa shape index (κ1) is 25.3. The van der Waals surface area contributed by atoms with Crippen LogP contribution in [-0.4, -0.2) is 16.8 Å². The van der Waals surface area contributed by atoms with E-state index in [9.17, 15) is 14.7 Å². The van der Waals surface area contributed by atoms with Gasteiger partial charge in [-0.25, -0.2) is 0 Å². The number of hydrogen-bond acceptors (Lipinski definition) is 3. The summed E-state index contributed by atoms with van der Waals surface area (Å²) in [5, 5.41) is 12.3. The van der Waals surface area contributed by atoms with E-state index >= 15 is 0 Å². The van der Waals surface area contributed by atoms with Gasteiger partial charge in [0.05, 0.1) is 21.7 Å². The molecule has 3 aromatic carbocycles. The minimum Gasteiger partial charge on any atom is -0.507 e.